The Morgan fingerprint density at radius 1 is 0.952 bits per heavy atom. The number of rotatable bonds is 6. The molecule has 0 aliphatic carbocycles. The zero-order chi connectivity index (χ0) is 30.6. The fourth-order valence-corrected chi connectivity index (χ4v) is 4.95. The van der Waals surface area contributed by atoms with Gasteiger partial charge in [0.15, 0.2) is 0 Å². The lowest BCUT2D eigenvalue weighted by Crippen LogP contribution is -2.44. The maximum Gasteiger partial charge on any atom is 0.410 e. The van der Waals surface area contributed by atoms with Crippen LogP contribution in [0.4, 0.5) is 14.9 Å². The fraction of sp³-hybridized carbons (Fsp3) is 0.344. The lowest BCUT2D eigenvalue weighted by atomic mass is 10.0. The van der Waals surface area contributed by atoms with E-state index in [1.807, 2.05) is 62.4 Å². The van der Waals surface area contributed by atoms with Crippen LogP contribution >= 0.6 is 15.9 Å². The summed E-state index contributed by atoms with van der Waals surface area (Å²) in [5.41, 5.74) is 1.44. The molecule has 0 saturated carbocycles. The highest BCUT2D eigenvalue weighted by molar-refractivity contribution is 9.10. The van der Waals surface area contributed by atoms with Crippen molar-refractivity contribution in [2.24, 2.45) is 0 Å². The van der Waals surface area contributed by atoms with Crippen molar-refractivity contribution in [3.8, 4) is 16.9 Å². The van der Waals surface area contributed by atoms with Crippen molar-refractivity contribution >= 4 is 39.5 Å². The Hall–Kier alpha value is -3.92. The van der Waals surface area contributed by atoms with Crippen molar-refractivity contribution in [1.29, 1.82) is 0 Å². The Morgan fingerprint density at radius 3 is 2.19 bits per heavy atom. The normalized spacial score (nSPS) is 16.7. The molecule has 1 fully saturated rings. The standard InChI is InChI=1S/C32H35BrFN3O5/c1-19(2)41-25-13-8-20(9-14-25)22-10-15-27(26(34)16-22)36-30(39)29(38)35-24-17-28(21-6-11-23(33)12-7-21)37(18-24)31(40)42-32(3,4)5/h6-16,19,24,28H,17-18H2,1-5H3,(H,35,38)(H,36,39). The molecule has 2 unspecified atom stereocenters. The van der Waals surface area contributed by atoms with Crippen molar-refractivity contribution in [3.63, 3.8) is 0 Å². The molecule has 2 N–H and O–H groups in total. The van der Waals surface area contributed by atoms with Crippen LogP contribution in [0.1, 0.15) is 52.6 Å². The van der Waals surface area contributed by atoms with Gasteiger partial charge in [0.2, 0.25) is 0 Å². The third-order valence-corrected chi connectivity index (χ3v) is 7.03. The molecule has 0 spiro atoms. The second kappa shape index (κ2) is 12.9. The van der Waals surface area contributed by atoms with Gasteiger partial charge < -0.3 is 20.1 Å². The third kappa shape index (κ3) is 8.09. The van der Waals surface area contributed by atoms with E-state index in [-0.39, 0.29) is 24.4 Å². The zero-order valence-corrected chi connectivity index (χ0v) is 25.8. The van der Waals surface area contributed by atoms with Crippen LogP contribution in [0.5, 0.6) is 5.75 Å². The zero-order valence-electron chi connectivity index (χ0n) is 24.2. The molecular weight excluding hydrogens is 605 g/mol. The number of hydrogen-bond acceptors (Lipinski definition) is 5. The quantitative estimate of drug-likeness (QED) is 0.288. The van der Waals surface area contributed by atoms with Crippen molar-refractivity contribution in [1.82, 2.24) is 10.2 Å². The molecule has 0 radical (unpaired) electrons. The molecule has 10 heteroatoms. The van der Waals surface area contributed by atoms with E-state index in [2.05, 4.69) is 26.6 Å². The van der Waals surface area contributed by atoms with Gasteiger partial charge in [0.05, 0.1) is 17.8 Å². The van der Waals surface area contributed by atoms with Crippen molar-refractivity contribution in [2.45, 2.75) is 64.8 Å². The summed E-state index contributed by atoms with van der Waals surface area (Å²) in [5, 5.41) is 5.04. The van der Waals surface area contributed by atoms with E-state index in [1.54, 1.807) is 31.7 Å². The van der Waals surface area contributed by atoms with Gasteiger partial charge in [-0.1, -0.05) is 46.3 Å². The summed E-state index contributed by atoms with van der Waals surface area (Å²) in [7, 11) is 0. The molecule has 1 saturated heterocycles. The van der Waals surface area contributed by atoms with E-state index in [9.17, 15) is 18.8 Å². The maximum absolute atomic E-state index is 14.9. The molecule has 4 rings (SSSR count). The lowest BCUT2D eigenvalue weighted by Gasteiger charge is -2.28. The first-order valence-corrected chi connectivity index (χ1v) is 14.5. The minimum Gasteiger partial charge on any atom is -0.491 e. The Bertz CT molecular complexity index is 1440. The molecule has 1 heterocycles. The van der Waals surface area contributed by atoms with Crippen molar-refractivity contribution < 1.29 is 28.2 Å². The lowest BCUT2D eigenvalue weighted by molar-refractivity contribution is -0.136. The Kier molecular flexibility index (Phi) is 9.56. The molecule has 42 heavy (non-hydrogen) atoms. The molecule has 0 aromatic heterocycles. The summed E-state index contributed by atoms with van der Waals surface area (Å²) >= 11 is 3.42. The van der Waals surface area contributed by atoms with Gasteiger partial charge in [-0.15, -0.1) is 0 Å². The average molecular weight is 641 g/mol. The summed E-state index contributed by atoms with van der Waals surface area (Å²) in [6, 6.07) is 18.3. The summed E-state index contributed by atoms with van der Waals surface area (Å²) in [4.78, 5) is 40.1. The molecule has 3 amide bonds. The van der Waals surface area contributed by atoms with E-state index in [0.717, 1.165) is 15.6 Å². The predicted octanol–water partition coefficient (Wildman–Crippen LogP) is 6.85. The van der Waals surface area contributed by atoms with Crippen LogP contribution in [0.15, 0.2) is 71.2 Å². The fourth-order valence-electron chi connectivity index (χ4n) is 4.69. The summed E-state index contributed by atoms with van der Waals surface area (Å²) < 4.78 is 27.1. The second-order valence-electron chi connectivity index (χ2n) is 11.4. The predicted molar refractivity (Wildman–Crippen MR) is 163 cm³/mol. The topological polar surface area (TPSA) is 97.0 Å². The highest BCUT2D eigenvalue weighted by Crippen LogP contribution is 2.34. The number of carbonyl (C=O) groups excluding carboxylic acids is 3. The first-order valence-electron chi connectivity index (χ1n) is 13.7. The van der Waals surface area contributed by atoms with E-state index in [4.69, 9.17) is 9.47 Å². The van der Waals surface area contributed by atoms with Crippen LogP contribution in [0, 0.1) is 5.82 Å². The average Bonchev–Trinajstić information content (AvgIpc) is 3.33. The molecule has 1 aliphatic heterocycles. The van der Waals surface area contributed by atoms with E-state index < -0.39 is 35.4 Å². The number of likely N-dealkylation sites (tertiary alicyclic amines) is 1. The summed E-state index contributed by atoms with van der Waals surface area (Å²) in [5.74, 6) is -1.90. The van der Waals surface area contributed by atoms with E-state index in [1.165, 1.54) is 12.1 Å². The van der Waals surface area contributed by atoms with Crippen molar-refractivity contribution in [2.75, 3.05) is 11.9 Å². The molecule has 0 bridgehead atoms. The number of halogens is 2. The monoisotopic (exact) mass is 639 g/mol. The van der Waals surface area contributed by atoms with Gasteiger partial charge >= 0.3 is 17.9 Å². The van der Waals surface area contributed by atoms with Gasteiger partial charge in [-0.2, -0.15) is 0 Å². The SMILES string of the molecule is CC(C)Oc1ccc(-c2ccc(NC(=O)C(=O)NC3CC(c4ccc(Br)cc4)N(C(=O)OC(C)(C)C)C3)c(F)c2)cc1. The van der Waals surface area contributed by atoms with Crippen LogP contribution in [-0.2, 0) is 14.3 Å². The number of nitrogens with zero attached hydrogens (tertiary/aromatic N) is 1. The molecule has 1 aliphatic rings. The Balaban J connectivity index is 1.41. The number of amides is 3. The summed E-state index contributed by atoms with van der Waals surface area (Å²) in [6.07, 6.45) is -0.0935. The third-order valence-electron chi connectivity index (χ3n) is 6.50. The van der Waals surface area contributed by atoms with Crippen LogP contribution in [0.2, 0.25) is 0 Å². The molecule has 8 nitrogen and oxygen atoms in total. The van der Waals surface area contributed by atoms with Crippen LogP contribution < -0.4 is 15.4 Å². The number of ether oxygens (including phenoxy) is 2. The molecule has 222 valence electrons. The number of anilines is 1. The number of carbonyl (C=O) groups is 3. The molecule has 3 aromatic rings. The van der Waals surface area contributed by atoms with E-state index in [0.29, 0.717) is 17.7 Å². The highest BCUT2D eigenvalue weighted by atomic mass is 79.9. The molecule has 3 aromatic carbocycles. The van der Waals surface area contributed by atoms with Crippen LogP contribution in [0.25, 0.3) is 11.1 Å². The maximum atomic E-state index is 14.9. The van der Waals surface area contributed by atoms with Gasteiger partial charge in [0.25, 0.3) is 0 Å². The Morgan fingerprint density at radius 2 is 1.60 bits per heavy atom. The number of benzene rings is 3. The highest BCUT2D eigenvalue weighted by Gasteiger charge is 2.39. The molecule has 2 atom stereocenters. The largest absolute Gasteiger partial charge is 0.491 e. The first kappa shape index (κ1) is 31.0. The van der Waals surface area contributed by atoms with Crippen LogP contribution in [-0.4, -0.2) is 47.1 Å². The first-order chi connectivity index (χ1) is 19.8. The number of nitrogens with one attached hydrogen (secondary N) is 2. The van der Waals surface area contributed by atoms with Gasteiger partial charge in [-0.3, -0.25) is 14.5 Å². The van der Waals surface area contributed by atoms with Gasteiger partial charge in [-0.05, 0) is 94.1 Å². The van der Waals surface area contributed by atoms with Crippen LogP contribution in [0.3, 0.4) is 0 Å². The van der Waals surface area contributed by atoms with Gasteiger partial charge in [0.1, 0.15) is 17.2 Å². The van der Waals surface area contributed by atoms with Crippen molar-refractivity contribution in [3.05, 3.63) is 82.6 Å². The number of hydrogen-bond donors (Lipinski definition) is 2. The minimum atomic E-state index is -1.01. The molecular formula is C32H35BrFN3O5. The minimum absolute atomic E-state index is 0.0407. The summed E-state index contributed by atoms with van der Waals surface area (Å²) in [6.45, 7) is 9.36. The van der Waals surface area contributed by atoms with E-state index >= 15 is 0 Å². The second-order valence-corrected chi connectivity index (χ2v) is 12.4. The van der Waals surface area contributed by atoms with Gasteiger partial charge in [0, 0.05) is 17.1 Å². The van der Waals surface area contributed by atoms with Gasteiger partial charge in [-0.25, -0.2) is 9.18 Å². The smallest absolute Gasteiger partial charge is 0.410 e. The Labute approximate surface area is 253 Å².